The average molecular weight is 581 g/mol. The van der Waals surface area contributed by atoms with Crippen molar-refractivity contribution in [3.63, 3.8) is 0 Å². The van der Waals surface area contributed by atoms with Crippen LogP contribution in [0.4, 0.5) is 9.59 Å². The van der Waals surface area contributed by atoms with Crippen LogP contribution in [-0.4, -0.2) is 60.6 Å². The van der Waals surface area contributed by atoms with E-state index in [1.54, 1.807) is 47.6 Å². The fourth-order valence-electron chi connectivity index (χ4n) is 3.37. The van der Waals surface area contributed by atoms with E-state index in [0.717, 1.165) is 0 Å². The molecule has 13 heteroatoms. The Labute approximate surface area is 236 Å². The van der Waals surface area contributed by atoms with Crippen molar-refractivity contribution in [1.82, 2.24) is 16.0 Å². The standard InChI is InChI=1S/C27H41N4O8P/c1-10-12-16-36-40(35,37-17-13-11-2)20-14-15-21(28-19(3)32)22(18-20)29-23(30-24(33)38-26(4,5)6)31-25(34)39-27(7,8)9/h1-2,14,21-22H,12-13,15-18H2,3-9H3,(H,28,32)(H2,29,30,31,33,34)/t21-,22-/m0/s1. The molecule has 0 bridgehead atoms. The second-order valence-electron chi connectivity index (χ2n) is 10.8. The van der Waals surface area contributed by atoms with Crippen LogP contribution in [0.5, 0.6) is 0 Å². The average Bonchev–Trinajstić information content (AvgIpc) is 2.77. The van der Waals surface area contributed by atoms with Gasteiger partial charge in [0.15, 0.2) is 0 Å². The second kappa shape index (κ2) is 15.5. The van der Waals surface area contributed by atoms with Crippen LogP contribution in [0.15, 0.2) is 16.4 Å². The summed E-state index contributed by atoms with van der Waals surface area (Å²) in [6.07, 6.45) is 11.1. The molecule has 12 nitrogen and oxygen atoms in total. The summed E-state index contributed by atoms with van der Waals surface area (Å²) >= 11 is 0. The molecule has 0 heterocycles. The Morgan fingerprint density at radius 2 is 1.52 bits per heavy atom. The minimum absolute atomic E-state index is 0.0139. The molecule has 222 valence electrons. The molecule has 0 aromatic heterocycles. The molecule has 3 N–H and O–H groups in total. The number of nitrogens with one attached hydrogen (secondary N) is 3. The maximum Gasteiger partial charge on any atom is 0.437 e. The molecule has 0 unspecified atom stereocenters. The normalized spacial score (nSPS) is 17.9. The molecule has 0 radical (unpaired) electrons. The molecular formula is C27H41N4O8P. The molecule has 0 saturated carbocycles. The minimum Gasteiger partial charge on any atom is -0.444 e. The zero-order valence-corrected chi connectivity index (χ0v) is 25.2. The zero-order chi connectivity index (χ0) is 30.6. The lowest BCUT2D eigenvalue weighted by Crippen LogP contribution is -2.56. The van der Waals surface area contributed by atoms with E-state index in [2.05, 4.69) is 32.8 Å². The third kappa shape index (κ3) is 13.7. The van der Waals surface area contributed by atoms with Gasteiger partial charge in [-0.15, -0.1) is 29.7 Å². The van der Waals surface area contributed by atoms with Crippen molar-refractivity contribution >= 4 is 31.6 Å². The van der Waals surface area contributed by atoms with Gasteiger partial charge in [-0.3, -0.25) is 14.7 Å². The van der Waals surface area contributed by atoms with Gasteiger partial charge in [-0.1, -0.05) is 6.08 Å². The number of alkyl carbamates (subject to hydrolysis) is 1. The third-order valence-electron chi connectivity index (χ3n) is 4.82. The number of ether oxygens (including phenoxy) is 2. The van der Waals surface area contributed by atoms with Crippen LogP contribution in [0, 0.1) is 24.7 Å². The summed E-state index contributed by atoms with van der Waals surface area (Å²) in [7, 11) is -3.83. The lowest BCUT2D eigenvalue weighted by molar-refractivity contribution is -0.119. The van der Waals surface area contributed by atoms with Gasteiger partial charge >= 0.3 is 19.8 Å². The van der Waals surface area contributed by atoms with E-state index in [4.69, 9.17) is 31.4 Å². The molecular weight excluding hydrogens is 539 g/mol. The van der Waals surface area contributed by atoms with Crippen molar-refractivity contribution in [1.29, 1.82) is 0 Å². The summed E-state index contributed by atoms with van der Waals surface area (Å²) in [6.45, 7) is 11.3. The number of nitrogens with zero attached hydrogens (tertiary/aromatic N) is 1. The van der Waals surface area contributed by atoms with Crippen LogP contribution in [0.2, 0.25) is 0 Å². The summed E-state index contributed by atoms with van der Waals surface area (Å²) in [6, 6.07) is -1.27. The monoisotopic (exact) mass is 580 g/mol. The topological polar surface area (TPSA) is 154 Å². The number of hydrogen-bond donors (Lipinski definition) is 3. The molecule has 40 heavy (non-hydrogen) atoms. The van der Waals surface area contributed by atoms with Crippen molar-refractivity contribution < 1.29 is 37.5 Å². The van der Waals surface area contributed by atoms with E-state index < -0.39 is 43.1 Å². The summed E-state index contributed by atoms with van der Waals surface area (Å²) in [4.78, 5) is 40.9. The Kier molecular flexibility index (Phi) is 13.4. The number of aliphatic imine (C=N–C) groups is 1. The lowest BCUT2D eigenvalue weighted by atomic mass is 9.95. The molecule has 2 atom stereocenters. The highest BCUT2D eigenvalue weighted by Crippen LogP contribution is 2.59. The molecule has 1 aliphatic rings. The van der Waals surface area contributed by atoms with Crippen molar-refractivity contribution in [3.05, 3.63) is 11.4 Å². The first kappa shape index (κ1) is 34.7. The van der Waals surface area contributed by atoms with E-state index >= 15 is 0 Å². The van der Waals surface area contributed by atoms with Gasteiger partial charge in [-0.2, -0.15) is 0 Å². The molecule has 0 fully saturated rings. The molecule has 0 aromatic carbocycles. The molecule has 0 aromatic rings. The van der Waals surface area contributed by atoms with Crippen LogP contribution in [0.3, 0.4) is 0 Å². The number of rotatable bonds is 9. The number of hydrogen-bond acceptors (Lipinski definition) is 8. The number of carbonyl (C=O) groups excluding carboxylic acids is 3. The Morgan fingerprint density at radius 1 is 0.975 bits per heavy atom. The Hall–Kier alpha value is -3.31. The quantitative estimate of drug-likeness (QED) is 0.120. The highest BCUT2D eigenvalue weighted by atomic mass is 31.2. The Bertz CT molecular complexity index is 1080. The first-order valence-electron chi connectivity index (χ1n) is 12.8. The van der Waals surface area contributed by atoms with Crippen LogP contribution >= 0.6 is 7.60 Å². The van der Waals surface area contributed by atoms with Gasteiger partial charge in [-0.05, 0) is 48.0 Å². The zero-order valence-electron chi connectivity index (χ0n) is 24.3. The van der Waals surface area contributed by atoms with Gasteiger partial charge in [-0.25, -0.2) is 9.59 Å². The van der Waals surface area contributed by atoms with Crippen molar-refractivity contribution in [3.8, 4) is 24.7 Å². The molecule has 0 aliphatic heterocycles. The maximum atomic E-state index is 13.8. The fourth-order valence-corrected chi connectivity index (χ4v) is 5.19. The Morgan fingerprint density at radius 3 is 2.00 bits per heavy atom. The predicted octanol–water partition coefficient (Wildman–Crippen LogP) is 4.22. The van der Waals surface area contributed by atoms with Gasteiger partial charge < -0.3 is 29.2 Å². The van der Waals surface area contributed by atoms with Gasteiger partial charge in [0, 0.05) is 31.5 Å². The predicted molar refractivity (Wildman–Crippen MR) is 151 cm³/mol. The van der Waals surface area contributed by atoms with Gasteiger partial charge in [0.25, 0.3) is 0 Å². The van der Waals surface area contributed by atoms with Crippen molar-refractivity contribution in [2.75, 3.05) is 13.2 Å². The lowest BCUT2D eigenvalue weighted by Gasteiger charge is -2.35. The molecule has 0 saturated heterocycles. The van der Waals surface area contributed by atoms with E-state index in [9.17, 15) is 18.9 Å². The first-order chi connectivity index (χ1) is 18.5. The summed E-state index contributed by atoms with van der Waals surface area (Å²) < 4.78 is 35.6. The molecule has 1 rings (SSSR count). The van der Waals surface area contributed by atoms with Gasteiger partial charge in [0.05, 0.1) is 25.3 Å². The second-order valence-corrected chi connectivity index (χ2v) is 12.9. The van der Waals surface area contributed by atoms with E-state index in [1.807, 2.05) is 0 Å². The van der Waals surface area contributed by atoms with Crippen LogP contribution in [-0.2, 0) is 27.9 Å². The maximum absolute atomic E-state index is 13.8. The highest BCUT2D eigenvalue weighted by Gasteiger charge is 2.38. The van der Waals surface area contributed by atoms with Crippen molar-refractivity contribution in [2.45, 2.75) is 97.4 Å². The number of guanidine groups is 1. The van der Waals surface area contributed by atoms with Crippen LogP contribution in [0.1, 0.15) is 74.1 Å². The van der Waals surface area contributed by atoms with E-state index in [-0.39, 0.29) is 50.8 Å². The van der Waals surface area contributed by atoms with E-state index in [0.29, 0.717) is 5.31 Å². The molecule has 3 amide bonds. The first-order valence-corrected chi connectivity index (χ1v) is 14.3. The number of carbonyl (C=O) groups is 3. The molecule has 0 spiro atoms. The number of amides is 3. The third-order valence-corrected chi connectivity index (χ3v) is 6.93. The van der Waals surface area contributed by atoms with Crippen LogP contribution in [0.25, 0.3) is 0 Å². The summed E-state index contributed by atoms with van der Waals surface area (Å²) in [5.74, 6) is 4.22. The summed E-state index contributed by atoms with van der Waals surface area (Å²) in [5.41, 5.74) is -1.69. The minimum atomic E-state index is -3.83. The SMILES string of the molecule is C#CCCOP(=O)(OCCC#C)C1=CC[C@H](NC(C)=O)[C@@H](N/C(=N/C(=O)OC(C)(C)C)NC(=O)OC(C)(C)C)C1. The summed E-state index contributed by atoms with van der Waals surface area (Å²) in [5, 5.41) is 8.51. The van der Waals surface area contributed by atoms with Gasteiger partial charge in [0.2, 0.25) is 11.9 Å². The largest absolute Gasteiger partial charge is 0.444 e. The number of terminal acetylenes is 2. The fraction of sp³-hybridized carbons (Fsp3) is 0.630. The van der Waals surface area contributed by atoms with Crippen LogP contribution < -0.4 is 16.0 Å². The van der Waals surface area contributed by atoms with Gasteiger partial charge in [0.1, 0.15) is 11.2 Å². The van der Waals surface area contributed by atoms with E-state index in [1.165, 1.54) is 6.92 Å². The Balaban J connectivity index is 3.38. The highest BCUT2D eigenvalue weighted by molar-refractivity contribution is 7.58. The smallest absolute Gasteiger partial charge is 0.437 e. The van der Waals surface area contributed by atoms with Crippen molar-refractivity contribution in [2.24, 2.45) is 4.99 Å². The molecule has 1 aliphatic carbocycles.